The molecule has 2 aliphatic carbocycles. The normalized spacial score (nSPS) is 15.5. The summed E-state index contributed by atoms with van der Waals surface area (Å²) in [6.45, 7) is 14.6. The summed E-state index contributed by atoms with van der Waals surface area (Å²) in [4.78, 5) is 2.57. The van der Waals surface area contributed by atoms with Gasteiger partial charge in [-0.05, 0) is 113 Å². The van der Waals surface area contributed by atoms with Gasteiger partial charge >= 0.3 is 0 Å². The lowest BCUT2D eigenvalue weighted by atomic mass is 9.81. The maximum atomic E-state index is 2.57. The molecule has 11 rings (SSSR count). The fourth-order valence-electron chi connectivity index (χ4n) is 10.9. The largest absolute Gasteiger partial charge is 0.310 e. The van der Waals surface area contributed by atoms with Crippen LogP contribution in [0.4, 0.5) is 17.1 Å². The number of anilines is 3. The number of benzene rings is 8. The van der Waals surface area contributed by atoms with Crippen LogP contribution in [0.2, 0.25) is 13.1 Å². The van der Waals surface area contributed by atoms with E-state index in [1.165, 1.54) is 105 Å². The average molecular weight is 762 g/mol. The van der Waals surface area contributed by atoms with Gasteiger partial charge < -0.3 is 4.90 Å². The van der Waals surface area contributed by atoms with Gasteiger partial charge in [0.05, 0.1) is 5.69 Å². The molecule has 8 aromatic rings. The van der Waals surface area contributed by atoms with Crippen LogP contribution < -0.4 is 15.3 Å². The Morgan fingerprint density at radius 3 is 1.69 bits per heavy atom. The van der Waals surface area contributed by atoms with E-state index in [1.807, 2.05) is 0 Å². The van der Waals surface area contributed by atoms with Crippen molar-refractivity contribution >= 4 is 35.5 Å². The Balaban J connectivity index is 1.23. The molecular weight excluding hydrogens is 715 g/mol. The van der Waals surface area contributed by atoms with Crippen molar-refractivity contribution in [3.8, 4) is 55.6 Å². The van der Waals surface area contributed by atoms with Crippen LogP contribution in [0.25, 0.3) is 55.6 Å². The minimum absolute atomic E-state index is 0.117. The SMILES string of the molecule is CC1(C)c2ccccc2-c2ccc(N(c3ccc4c(c3)-c3ccccc3[Si]4(C)C)c3cccc(-c4ccccc4)c3-c3cccc4c3-c3ccccc3C4(C)C)cc21. The zero-order valence-corrected chi connectivity index (χ0v) is 35.2. The van der Waals surface area contributed by atoms with Crippen LogP contribution >= 0.6 is 0 Å². The summed E-state index contributed by atoms with van der Waals surface area (Å²) < 4.78 is 0. The zero-order valence-electron chi connectivity index (χ0n) is 34.2. The summed E-state index contributed by atoms with van der Waals surface area (Å²) in [6.07, 6.45) is 0. The van der Waals surface area contributed by atoms with E-state index >= 15 is 0 Å². The zero-order chi connectivity index (χ0) is 39.6. The van der Waals surface area contributed by atoms with E-state index in [0.717, 1.165) is 0 Å². The van der Waals surface area contributed by atoms with Crippen molar-refractivity contribution < 1.29 is 0 Å². The predicted molar refractivity (Wildman–Crippen MR) is 249 cm³/mol. The van der Waals surface area contributed by atoms with Crippen molar-refractivity contribution in [1.29, 1.82) is 0 Å². The molecule has 0 saturated heterocycles. The molecule has 3 aliphatic rings. The van der Waals surface area contributed by atoms with Crippen molar-refractivity contribution in [1.82, 2.24) is 0 Å². The summed E-state index contributed by atoms with van der Waals surface area (Å²) >= 11 is 0. The molecular formula is C56H47NSi. The molecule has 1 heterocycles. The van der Waals surface area contributed by atoms with Crippen LogP contribution in [-0.2, 0) is 10.8 Å². The third kappa shape index (κ3) is 4.82. The fourth-order valence-corrected chi connectivity index (χ4v) is 14.0. The fraction of sp³-hybridized carbons (Fsp3) is 0.143. The number of rotatable bonds is 5. The number of hydrogen-bond acceptors (Lipinski definition) is 1. The molecule has 0 fully saturated rings. The summed E-state index contributed by atoms with van der Waals surface area (Å²) in [5.74, 6) is 0. The van der Waals surface area contributed by atoms with Gasteiger partial charge in [0.15, 0.2) is 0 Å². The number of fused-ring (bicyclic) bond motifs is 9. The first-order chi connectivity index (χ1) is 28.1. The first-order valence-electron chi connectivity index (χ1n) is 20.8. The third-order valence-corrected chi connectivity index (χ3v) is 17.5. The molecule has 0 spiro atoms. The van der Waals surface area contributed by atoms with E-state index in [9.17, 15) is 0 Å². The van der Waals surface area contributed by atoms with Crippen molar-refractivity contribution in [3.63, 3.8) is 0 Å². The Kier molecular flexibility index (Phi) is 7.47. The molecule has 0 bridgehead atoms. The highest BCUT2D eigenvalue weighted by molar-refractivity contribution is 7.03. The Labute approximate surface area is 344 Å². The highest BCUT2D eigenvalue weighted by Crippen LogP contribution is 2.56. The molecule has 58 heavy (non-hydrogen) atoms. The molecule has 0 N–H and O–H groups in total. The molecule has 0 amide bonds. The Morgan fingerprint density at radius 2 is 0.897 bits per heavy atom. The molecule has 0 saturated carbocycles. The molecule has 8 aromatic carbocycles. The highest BCUT2D eigenvalue weighted by atomic mass is 28.3. The molecule has 0 atom stereocenters. The summed E-state index contributed by atoms with van der Waals surface area (Å²) in [7, 11) is -1.86. The monoisotopic (exact) mass is 761 g/mol. The first-order valence-corrected chi connectivity index (χ1v) is 23.8. The van der Waals surface area contributed by atoms with Crippen LogP contribution in [0.5, 0.6) is 0 Å². The Bertz CT molecular complexity index is 2980. The maximum Gasteiger partial charge on any atom is 0.113 e. The van der Waals surface area contributed by atoms with E-state index < -0.39 is 8.07 Å². The van der Waals surface area contributed by atoms with Gasteiger partial charge in [0.25, 0.3) is 0 Å². The topological polar surface area (TPSA) is 3.24 Å². The predicted octanol–water partition coefficient (Wildman–Crippen LogP) is 13.9. The van der Waals surface area contributed by atoms with Crippen LogP contribution in [0.1, 0.15) is 49.9 Å². The van der Waals surface area contributed by atoms with Gasteiger partial charge in [-0.1, -0.05) is 186 Å². The van der Waals surface area contributed by atoms with Gasteiger partial charge in [-0.3, -0.25) is 0 Å². The Hall–Kier alpha value is -6.22. The van der Waals surface area contributed by atoms with Crippen LogP contribution in [0, 0.1) is 0 Å². The molecule has 1 aliphatic heterocycles. The standard InChI is InChI=1S/C56H47NSi/c1-55(2)47-26-14-11-22-43(47)53-44(24-16-27-48(53)55)54-39(36-18-8-7-9-19-36)23-17-28-50(54)57(37-31-33-52-45(34-37)42-21-12-15-29-51(42)58(52,5)6)38-30-32-41-40-20-10-13-25-46(40)56(3,4)49(41)35-38/h7-35H,1-6H3. The summed E-state index contributed by atoms with van der Waals surface area (Å²) in [6, 6.07) is 66.7. The second kappa shape index (κ2) is 12.4. The van der Waals surface area contributed by atoms with Crippen LogP contribution in [0.15, 0.2) is 176 Å². The van der Waals surface area contributed by atoms with E-state index in [2.05, 4.69) is 222 Å². The summed E-state index contributed by atoms with van der Waals surface area (Å²) in [5.41, 5.74) is 21.9. The van der Waals surface area contributed by atoms with Gasteiger partial charge in [0.2, 0.25) is 0 Å². The van der Waals surface area contributed by atoms with E-state index in [0.29, 0.717) is 0 Å². The van der Waals surface area contributed by atoms with Gasteiger partial charge in [0, 0.05) is 27.8 Å². The van der Waals surface area contributed by atoms with Crippen molar-refractivity contribution in [3.05, 3.63) is 198 Å². The Morgan fingerprint density at radius 1 is 0.362 bits per heavy atom. The minimum atomic E-state index is -1.86. The molecule has 1 nitrogen and oxygen atoms in total. The van der Waals surface area contributed by atoms with Crippen molar-refractivity contribution in [2.75, 3.05) is 4.90 Å². The van der Waals surface area contributed by atoms with Crippen LogP contribution in [-0.4, -0.2) is 8.07 Å². The second-order valence-corrected chi connectivity index (χ2v) is 22.4. The molecule has 0 radical (unpaired) electrons. The molecule has 0 aromatic heterocycles. The van der Waals surface area contributed by atoms with E-state index in [1.54, 1.807) is 0 Å². The third-order valence-electron chi connectivity index (χ3n) is 13.9. The highest BCUT2D eigenvalue weighted by Gasteiger charge is 2.40. The van der Waals surface area contributed by atoms with E-state index in [-0.39, 0.29) is 10.8 Å². The number of hydrogen-bond donors (Lipinski definition) is 0. The molecule has 2 heteroatoms. The first kappa shape index (κ1) is 35.0. The average Bonchev–Trinajstić information content (AvgIpc) is 3.74. The second-order valence-electron chi connectivity index (χ2n) is 18.1. The van der Waals surface area contributed by atoms with Gasteiger partial charge in [0.1, 0.15) is 8.07 Å². The lowest BCUT2D eigenvalue weighted by molar-refractivity contribution is 0.660. The smallest absolute Gasteiger partial charge is 0.113 e. The van der Waals surface area contributed by atoms with Crippen molar-refractivity contribution in [2.45, 2.75) is 51.6 Å². The quantitative estimate of drug-likeness (QED) is 0.158. The summed E-state index contributed by atoms with van der Waals surface area (Å²) in [5, 5.41) is 3.04. The molecule has 0 unspecified atom stereocenters. The number of nitrogens with zero attached hydrogens (tertiary/aromatic N) is 1. The molecule has 280 valence electrons. The minimum Gasteiger partial charge on any atom is -0.310 e. The maximum absolute atomic E-state index is 2.57. The van der Waals surface area contributed by atoms with Crippen LogP contribution in [0.3, 0.4) is 0 Å². The van der Waals surface area contributed by atoms with E-state index in [4.69, 9.17) is 0 Å². The lowest BCUT2D eigenvalue weighted by Gasteiger charge is -2.32. The van der Waals surface area contributed by atoms with Gasteiger partial charge in [-0.15, -0.1) is 0 Å². The van der Waals surface area contributed by atoms with Gasteiger partial charge in [-0.2, -0.15) is 0 Å². The van der Waals surface area contributed by atoms with Crippen molar-refractivity contribution in [2.24, 2.45) is 0 Å². The van der Waals surface area contributed by atoms with Gasteiger partial charge in [-0.25, -0.2) is 0 Å². The lowest BCUT2D eigenvalue weighted by Crippen LogP contribution is -2.49.